The van der Waals surface area contributed by atoms with E-state index in [1.165, 1.54) is 9.80 Å². The molecule has 1 aromatic carbocycles. The zero-order valence-electron chi connectivity index (χ0n) is 13.8. The van der Waals surface area contributed by atoms with E-state index < -0.39 is 18.1 Å². The van der Waals surface area contributed by atoms with Crippen molar-refractivity contribution in [3.8, 4) is 0 Å². The summed E-state index contributed by atoms with van der Waals surface area (Å²) < 4.78 is 10.6. The highest BCUT2D eigenvalue weighted by atomic mass is 16.5. The Morgan fingerprint density at radius 3 is 2.72 bits per heavy atom. The third kappa shape index (κ3) is 3.97. The first-order valence-electron chi connectivity index (χ1n) is 8.17. The van der Waals surface area contributed by atoms with Gasteiger partial charge in [-0.1, -0.05) is 30.3 Å². The number of benzene rings is 1. The Hall–Kier alpha value is -2.45. The lowest BCUT2D eigenvalue weighted by atomic mass is 10.1. The number of carbonyl (C=O) groups excluding carboxylic acids is 3. The van der Waals surface area contributed by atoms with Crippen molar-refractivity contribution in [2.75, 3.05) is 32.9 Å². The van der Waals surface area contributed by atoms with Crippen LogP contribution in [0, 0.1) is 0 Å². The van der Waals surface area contributed by atoms with Crippen molar-refractivity contribution in [1.29, 1.82) is 0 Å². The van der Waals surface area contributed by atoms with Crippen molar-refractivity contribution in [2.45, 2.75) is 18.7 Å². The van der Waals surface area contributed by atoms with Crippen LogP contribution in [0.3, 0.4) is 0 Å². The van der Waals surface area contributed by atoms with Gasteiger partial charge in [0.1, 0.15) is 12.6 Å². The van der Waals surface area contributed by atoms with E-state index in [9.17, 15) is 14.4 Å². The van der Waals surface area contributed by atoms with Gasteiger partial charge in [0.2, 0.25) is 17.7 Å². The Labute approximate surface area is 145 Å². The molecule has 3 rings (SSSR count). The lowest BCUT2D eigenvalue weighted by Gasteiger charge is -2.39. The van der Waals surface area contributed by atoms with Gasteiger partial charge < -0.3 is 25.0 Å². The van der Waals surface area contributed by atoms with E-state index in [0.717, 1.165) is 5.56 Å². The molecule has 1 aromatic rings. The first-order chi connectivity index (χ1) is 12.1. The molecule has 0 spiro atoms. The van der Waals surface area contributed by atoms with E-state index in [2.05, 4.69) is 0 Å². The molecular weight excluding hydrogens is 326 g/mol. The number of primary amides is 1. The second-order valence-electron chi connectivity index (χ2n) is 6.08. The highest BCUT2D eigenvalue weighted by Crippen LogP contribution is 2.17. The molecule has 0 aromatic heterocycles. The van der Waals surface area contributed by atoms with Crippen molar-refractivity contribution in [3.63, 3.8) is 0 Å². The molecule has 25 heavy (non-hydrogen) atoms. The predicted molar refractivity (Wildman–Crippen MR) is 87.1 cm³/mol. The average Bonchev–Trinajstić information content (AvgIpc) is 2.64. The summed E-state index contributed by atoms with van der Waals surface area (Å²) in [6.45, 7) is 1.12. The predicted octanol–water partition coefficient (Wildman–Crippen LogP) is -0.873. The van der Waals surface area contributed by atoms with Crippen molar-refractivity contribution < 1.29 is 23.9 Å². The molecular formula is C17H21N3O5. The van der Waals surface area contributed by atoms with E-state index in [1.807, 2.05) is 30.3 Å². The maximum absolute atomic E-state index is 12.9. The number of carbonyl (C=O) groups is 3. The van der Waals surface area contributed by atoms with Crippen LogP contribution in [0.25, 0.3) is 0 Å². The monoisotopic (exact) mass is 347 g/mol. The van der Waals surface area contributed by atoms with Crippen molar-refractivity contribution in [2.24, 2.45) is 5.73 Å². The Bertz CT molecular complexity index is 651. The minimum Gasteiger partial charge on any atom is -0.369 e. The number of rotatable bonds is 4. The minimum atomic E-state index is -0.819. The number of ether oxygens (including phenoxy) is 2. The Morgan fingerprint density at radius 2 is 2.00 bits per heavy atom. The normalized spacial score (nSPS) is 24.2. The summed E-state index contributed by atoms with van der Waals surface area (Å²) in [6.07, 6.45) is -0.819. The van der Waals surface area contributed by atoms with E-state index in [0.29, 0.717) is 13.1 Å². The van der Waals surface area contributed by atoms with Crippen molar-refractivity contribution >= 4 is 17.7 Å². The minimum absolute atomic E-state index is 0.0381. The van der Waals surface area contributed by atoms with Crippen LogP contribution in [0.4, 0.5) is 0 Å². The van der Waals surface area contributed by atoms with Crippen LogP contribution >= 0.6 is 0 Å². The zero-order chi connectivity index (χ0) is 17.8. The summed E-state index contributed by atoms with van der Waals surface area (Å²) in [5.74, 6) is -1.08. The lowest BCUT2D eigenvalue weighted by molar-refractivity contribution is -0.164. The summed E-state index contributed by atoms with van der Waals surface area (Å²) in [6, 6.07) is 8.76. The number of hydrogen-bond donors (Lipinski definition) is 1. The molecule has 2 saturated heterocycles. The number of hydrogen-bond acceptors (Lipinski definition) is 5. The van der Waals surface area contributed by atoms with Crippen molar-refractivity contribution in [3.05, 3.63) is 35.9 Å². The summed E-state index contributed by atoms with van der Waals surface area (Å²) in [4.78, 5) is 39.6. The number of amides is 3. The summed E-state index contributed by atoms with van der Waals surface area (Å²) in [7, 11) is 0. The van der Waals surface area contributed by atoms with E-state index in [-0.39, 0.29) is 38.2 Å². The first kappa shape index (κ1) is 17.4. The maximum Gasteiger partial charge on any atom is 0.249 e. The smallest absolute Gasteiger partial charge is 0.249 e. The molecule has 2 aliphatic rings. The van der Waals surface area contributed by atoms with Gasteiger partial charge >= 0.3 is 0 Å². The molecule has 8 heteroatoms. The molecule has 0 radical (unpaired) electrons. The Kier molecular flexibility index (Phi) is 5.30. The number of nitrogens with zero attached hydrogens (tertiary/aromatic N) is 2. The molecule has 2 atom stereocenters. The van der Waals surface area contributed by atoms with Crippen LogP contribution in [-0.4, -0.2) is 72.6 Å². The molecule has 2 N–H and O–H groups in total. The van der Waals surface area contributed by atoms with E-state index >= 15 is 0 Å². The van der Waals surface area contributed by atoms with Gasteiger partial charge in [-0.05, 0) is 5.56 Å². The van der Waals surface area contributed by atoms with Gasteiger partial charge in [0, 0.05) is 13.1 Å². The van der Waals surface area contributed by atoms with Crippen LogP contribution in [0.2, 0.25) is 0 Å². The second kappa shape index (κ2) is 7.62. The maximum atomic E-state index is 12.9. The highest BCUT2D eigenvalue weighted by Gasteiger charge is 2.38. The summed E-state index contributed by atoms with van der Waals surface area (Å²) in [5.41, 5.74) is 6.21. The molecule has 3 amide bonds. The van der Waals surface area contributed by atoms with E-state index in [1.54, 1.807) is 0 Å². The zero-order valence-corrected chi connectivity index (χ0v) is 13.8. The average molecular weight is 347 g/mol. The fourth-order valence-corrected chi connectivity index (χ4v) is 3.02. The molecule has 0 saturated carbocycles. The second-order valence-corrected chi connectivity index (χ2v) is 6.08. The van der Waals surface area contributed by atoms with Crippen LogP contribution < -0.4 is 5.73 Å². The van der Waals surface area contributed by atoms with Gasteiger partial charge in [-0.15, -0.1) is 0 Å². The van der Waals surface area contributed by atoms with Crippen LogP contribution in [0.1, 0.15) is 5.56 Å². The lowest BCUT2D eigenvalue weighted by Crippen LogP contribution is -2.60. The van der Waals surface area contributed by atoms with Gasteiger partial charge in [-0.3, -0.25) is 14.4 Å². The van der Waals surface area contributed by atoms with Gasteiger partial charge in [0.05, 0.1) is 19.8 Å². The van der Waals surface area contributed by atoms with Crippen LogP contribution in [0.15, 0.2) is 30.3 Å². The fourth-order valence-electron chi connectivity index (χ4n) is 3.02. The molecule has 0 bridgehead atoms. The SMILES string of the molecule is NC(=O)[C@@H]1CN(C(=O)[C@H]2COCC(=O)N2Cc2ccccc2)CCO1. The molecule has 8 nitrogen and oxygen atoms in total. The van der Waals surface area contributed by atoms with Crippen molar-refractivity contribution in [1.82, 2.24) is 9.80 Å². The standard InChI is InChI=1S/C17H21N3O5/c18-16(22)14-9-19(6-7-25-14)17(23)13-10-24-11-15(21)20(13)8-12-4-2-1-3-5-12/h1-5,13-14H,6-11H2,(H2,18,22)/t13-,14+/m1/s1. The quantitative estimate of drug-likeness (QED) is 0.763. The third-order valence-corrected chi connectivity index (χ3v) is 4.37. The van der Waals surface area contributed by atoms with Gasteiger partial charge in [-0.25, -0.2) is 0 Å². The molecule has 0 aliphatic carbocycles. The number of nitrogens with two attached hydrogens (primary N) is 1. The highest BCUT2D eigenvalue weighted by molar-refractivity contribution is 5.90. The topological polar surface area (TPSA) is 102 Å². The molecule has 0 unspecified atom stereocenters. The van der Waals surface area contributed by atoms with Gasteiger partial charge in [-0.2, -0.15) is 0 Å². The van der Waals surface area contributed by atoms with E-state index in [4.69, 9.17) is 15.2 Å². The van der Waals surface area contributed by atoms with Crippen LogP contribution in [-0.2, 0) is 30.4 Å². The fraction of sp³-hybridized carbons (Fsp3) is 0.471. The largest absolute Gasteiger partial charge is 0.369 e. The number of morpholine rings is 2. The van der Waals surface area contributed by atoms with Gasteiger partial charge in [0.25, 0.3) is 0 Å². The molecule has 2 heterocycles. The first-order valence-corrected chi connectivity index (χ1v) is 8.17. The Balaban J connectivity index is 1.74. The molecule has 2 aliphatic heterocycles. The van der Waals surface area contributed by atoms with Crippen LogP contribution in [0.5, 0.6) is 0 Å². The van der Waals surface area contributed by atoms with Gasteiger partial charge in [0.15, 0.2) is 6.10 Å². The third-order valence-electron chi connectivity index (χ3n) is 4.37. The molecule has 134 valence electrons. The Morgan fingerprint density at radius 1 is 1.24 bits per heavy atom. The summed E-state index contributed by atoms with van der Waals surface area (Å²) in [5, 5.41) is 0. The molecule has 2 fully saturated rings. The summed E-state index contributed by atoms with van der Waals surface area (Å²) >= 11 is 0.